The van der Waals surface area contributed by atoms with Crippen LogP contribution >= 0.6 is 0 Å². The van der Waals surface area contributed by atoms with Crippen molar-refractivity contribution in [2.24, 2.45) is 51.2 Å². The van der Waals surface area contributed by atoms with Crippen molar-refractivity contribution in [1.29, 1.82) is 0 Å². The standard InChI is InChI=1S/C43H63FN2O4S/c1-28(2)30-13-18-43(45-21-8-22-46-23-25-51(49,50)26-24-46)20-19-41(6)33(37(30)43)11-12-36-40(5)16-14-32(29-9-10-31(38(47)48)34(44)27-29)39(3,4)35(40)15-17-42(36,41)7/h9-10,14,27,30,33,35-37,45H,1,8,11-13,15-26H2,2-7H3,(H,47,48)/t30?,33-,35?,36?,37?,40+,41-,42-,43?/m1/s1. The molecule has 6 nitrogen and oxygen atoms in total. The molecule has 0 aromatic heterocycles. The second-order valence-corrected chi connectivity index (χ2v) is 21.5. The molecule has 4 saturated carbocycles. The number of hydrogen-bond donors (Lipinski definition) is 2. The van der Waals surface area contributed by atoms with Gasteiger partial charge in [0.15, 0.2) is 9.84 Å². The van der Waals surface area contributed by atoms with Gasteiger partial charge in [0, 0.05) is 18.6 Å². The van der Waals surface area contributed by atoms with Gasteiger partial charge in [0.25, 0.3) is 0 Å². The number of nitrogens with zero attached hydrogens (tertiary/aromatic N) is 1. The lowest BCUT2D eigenvalue weighted by Gasteiger charge is -2.72. The number of carboxylic acid groups (broad SMARTS) is 1. The molecule has 0 spiro atoms. The molecule has 5 fully saturated rings. The molecule has 0 amide bonds. The number of aromatic carboxylic acids is 1. The molecule has 0 radical (unpaired) electrons. The molecule has 1 aliphatic heterocycles. The summed E-state index contributed by atoms with van der Waals surface area (Å²) in [4.78, 5) is 13.9. The average molecular weight is 723 g/mol. The van der Waals surface area contributed by atoms with Crippen LogP contribution in [0.15, 0.2) is 36.4 Å². The normalized spacial score (nSPS) is 41.4. The van der Waals surface area contributed by atoms with Crippen molar-refractivity contribution in [3.8, 4) is 0 Å². The highest BCUT2D eigenvalue weighted by Crippen LogP contribution is 2.76. The van der Waals surface area contributed by atoms with Crippen LogP contribution in [0.4, 0.5) is 4.39 Å². The van der Waals surface area contributed by atoms with Crippen LogP contribution in [-0.4, -0.2) is 67.6 Å². The molecular formula is C43H63FN2O4S. The predicted octanol–water partition coefficient (Wildman–Crippen LogP) is 8.64. The summed E-state index contributed by atoms with van der Waals surface area (Å²) in [5.74, 6) is 1.56. The summed E-state index contributed by atoms with van der Waals surface area (Å²) < 4.78 is 38.8. The Hall–Kier alpha value is -2.03. The average Bonchev–Trinajstić information content (AvgIpc) is 3.44. The molecule has 1 heterocycles. The van der Waals surface area contributed by atoms with E-state index in [1.807, 2.05) is 6.07 Å². The molecule has 6 aliphatic rings. The Balaban J connectivity index is 1.13. The summed E-state index contributed by atoms with van der Waals surface area (Å²) in [5.41, 5.74) is 3.66. The molecule has 51 heavy (non-hydrogen) atoms. The maximum atomic E-state index is 14.9. The van der Waals surface area contributed by atoms with Gasteiger partial charge in [0.1, 0.15) is 5.82 Å². The third-order valence-corrected chi connectivity index (χ3v) is 18.3. The van der Waals surface area contributed by atoms with Crippen molar-refractivity contribution < 1.29 is 22.7 Å². The van der Waals surface area contributed by atoms with Gasteiger partial charge in [0.2, 0.25) is 0 Å². The van der Waals surface area contributed by atoms with Gasteiger partial charge in [-0.15, -0.1) is 0 Å². The molecule has 1 aromatic rings. The van der Waals surface area contributed by atoms with E-state index < -0.39 is 21.6 Å². The van der Waals surface area contributed by atoms with Crippen molar-refractivity contribution in [1.82, 2.24) is 10.2 Å². The fourth-order valence-electron chi connectivity index (χ4n) is 14.0. The van der Waals surface area contributed by atoms with Crippen LogP contribution in [0.2, 0.25) is 0 Å². The first kappa shape index (κ1) is 37.3. The maximum absolute atomic E-state index is 14.9. The Morgan fingerprint density at radius 3 is 2.37 bits per heavy atom. The van der Waals surface area contributed by atoms with Crippen molar-refractivity contribution in [2.75, 3.05) is 37.7 Å². The zero-order chi connectivity index (χ0) is 36.8. The molecular weight excluding hydrogens is 660 g/mol. The monoisotopic (exact) mass is 722 g/mol. The van der Waals surface area contributed by atoms with Crippen molar-refractivity contribution in [3.63, 3.8) is 0 Å². The number of rotatable bonds is 8. The minimum atomic E-state index is -2.85. The molecule has 282 valence electrons. The first-order valence-electron chi connectivity index (χ1n) is 20.0. The summed E-state index contributed by atoms with van der Waals surface area (Å²) in [5, 5.41) is 13.6. The largest absolute Gasteiger partial charge is 0.478 e. The molecule has 2 N–H and O–H groups in total. The van der Waals surface area contributed by atoms with Crippen LogP contribution in [-0.2, 0) is 9.84 Å². The van der Waals surface area contributed by atoms with E-state index in [1.54, 1.807) is 0 Å². The molecule has 1 aromatic carbocycles. The number of allylic oxidation sites excluding steroid dienone is 3. The number of hydrogen-bond acceptors (Lipinski definition) is 5. The minimum Gasteiger partial charge on any atom is -0.478 e. The SMILES string of the molecule is C=C(C)C1CCC2(NCCCN3CCS(=O)(=O)CC3)CC[C@]3(C)[C@H](CCC4[C@@]5(C)CC=C(c6ccc(C(=O)O)c(F)c6)C(C)(C)C5CC[C@]43C)C12. The van der Waals surface area contributed by atoms with Gasteiger partial charge in [-0.1, -0.05) is 58.9 Å². The predicted molar refractivity (Wildman–Crippen MR) is 204 cm³/mol. The van der Waals surface area contributed by atoms with Crippen LogP contribution in [0.25, 0.3) is 5.57 Å². The Labute approximate surface area is 307 Å². The first-order valence-corrected chi connectivity index (χ1v) is 21.8. The number of sulfone groups is 1. The Morgan fingerprint density at radius 2 is 1.71 bits per heavy atom. The van der Waals surface area contributed by atoms with E-state index in [4.69, 9.17) is 0 Å². The van der Waals surface area contributed by atoms with Gasteiger partial charge < -0.3 is 15.3 Å². The second kappa shape index (κ2) is 12.8. The summed E-state index contributed by atoms with van der Waals surface area (Å²) in [6.45, 7) is 22.7. The van der Waals surface area contributed by atoms with Crippen molar-refractivity contribution in [3.05, 3.63) is 53.4 Å². The number of carboxylic acids is 1. The summed E-state index contributed by atoms with van der Waals surface area (Å²) in [7, 11) is -2.85. The third kappa shape index (κ3) is 5.82. The van der Waals surface area contributed by atoms with E-state index in [1.165, 1.54) is 68.2 Å². The fraction of sp³-hybridized carbons (Fsp3) is 0.744. The van der Waals surface area contributed by atoms with Crippen LogP contribution in [0, 0.1) is 57.1 Å². The van der Waals surface area contributed by atoms with Crippen molar-refractivity contribution in [2.45, 2.75) is 111 Å². The summed E-state index contributed by atoms with van der Waals surface area (Å²) in [6.07, 6.45) is 14.2. The quantitative estimate of drug-likeness (QED) is 0.207. The molecule has 9 atom stereocenters. The minimum absolute atomic E-state index is 0.136. The fourth-order valence-corrected chi connectivity index (χ4v) is 15.3. The second-order valence-electron chi connectivity index (χ2n) is 19.2. The van der Waals surface area contributed by atoms with Gasteiger partial charge >= 0.3 is 5.97 Å². The van der Waals surface area contributed by atoms with Crippen LogP contribution in [0.3, 0.4) is 0 Å². The van der Waals surface area contributed by atoms with Gasteiger partial charge in [-0.05, 0) is 159 Å². The van der Waals surface area contributed by atoms with E-state index >= 15 is 0 Å². The van der Waals surface area contributed by atoms with Gasteiger partial charge in [-0.3, -0.25) is 0 Å². The third-order valence-electron chi connectivity index (χ3n) is 16.7. The Kier molecular flexibility index (Phi) is 9.35. The van der Waals surface area contributed by atoms with Gasteiger partial charge in [-0.25, -0.2) is 17.6 Å². The molecule has 5 unspecified atom stereocenters. The topological polar surface area (TPSA) is 86.7 Å². The molecule has 8 heteroatoms. The van der Waals surface area contributed by atoms with E-state index in [9.17, 15) is 22.7 Å². The van der Waals surface area contributed by atoms with Crippen LogP contribution in [0.5, 0.6) is 0 Å². The Morgan fingerprint density at radius 1 is 0.980 bits per heavy atom. The maximum Gasteiger partial charge on any atom is 0.338 e. The van der Waals surface area contributed by atoms with E-state index in [2.05, 4.69) is 64.4 Å². The number of fused-ring (bicyclic) bond motifs is 7. The highest BCUT2D eigenvalue weighted by atomic mass is 32.2. The lowest BCUT2D eigenvalue weighted by Crippen LogP contribution is -2.68. The molecule has 0 bridgehead atoms. The highest BCUT2D eigenvalue weighted by Gasteiger charge is 2.70. The number of carbonyl (C=O) groups is 1. The smallest absolute Gasteiger partial charge is 0.338 e. The summed E-state index contributed by atoms with van der Waals surface area (Å²) in [6, 6.07) is 4.69. The zero-order valence-electron chi connectivity index (χ0n) is 32.1. The number of nitrogens with one attached hydrogen (secondary N) is 1. The molecule has 1 saturated heterocycles. The number of benzene rings is 1. The molecule has 7 rings (SSSR count). The number of halogens is 1. The van der Waals surface area contributed by atoms with Crippen LogP contribution in [0.1, 0.15) is 122 Å². The molecule has 5 aliphatic carbocycles. The van der Waals surface area contributed by atoms with Crippen molar-refractivity contribution >= 4 is 21.4 Å². The van der Waals surface area contributed by atoms with Gasteiger partial charge in [-0.2, -0.15) is 0 Å². The lowest BCUT2D eigenvalue weighted by molar-refractivity contribution is -0.219. The Bertz CT molecular complexity index is 1710. The zero-order valence-corrected chi connectivity index (χ0v) is 32.9. The van der Waals surface area contributed by atoms with E-state index in [0.717, 1.165) is 37.9 Å². The first-order chi connectivity index (χ1) is 23.9. The van der Waals surface area contributed by atoms with E-state index in [0.29, 0.717) is 54.2 Å². The summed E-state index contributed by atoms with van der Waals surface area (Å²) >= 11 is 0. The lowest BCUT2D eigenvalue weighted by atomic mass is 9.33. The highest BCUT2D eigenvalue weighted by molar-refractivity contribution is 7.91. The van der Waals surface area contributed by atoms with E-state index in [-0.39, 0.29) is 32.8 Å². The van der Waals surface area contributed by atoms with Crippen LogP contribution < -0.4 is 5.32 Å². The van der Waals surface area contributed by atoms with Gasteiger partial charge in [0.05, 0.1) is 17.1 Å².